The number of hydrogen-bond acceptors (Lipinski definition) is 6. The average Bonchev–Trinajstić information content (AvgIpc) is 2.80. The second-order valence-electron chi connectivity index (χ2n) is 7.49. The predicted molar refractivity (Wildman–Crippen MR) is 126 cm³/mol. The van der Waals surface area contributed by atoms with Crippen LogP contribution in [-0.2, 0) is 14.8 Å². The predicted octanol–water partition coefficient (Wildman–Crippen LogP) is 4.04. The fraction of sp³-hybridized carbons (Fsp3) is 0.208. The minimum atomic E-state index is -3.77. The zero-order valence-corrected chi connectivity index (χ0v) is 19.0. The highest BCUT2D eigenvalue weighted by atomic mass is 32.2. The van der Waals surface area contributed by atoms with Gasteiger partial charge in [0.25, 0.3) is 0 Å². The smallest absolute Gasteiger partial charge is 0.247 e. The molecule has 0 saturated heterocycles. The molecular formula is C24H24N2O6S. The molecule has 0 bridgehead atoms. The van der Waals surface area contributed by atoms with E-state index in [2.05, 4.69) is 5.32 Å². The summed E-state index contributed by atoms with van der Waals surface area (Å²) in [6.07, 6.45) is 1.06. The van der Waals surface area contributed by atoms with E-state index in [0.717, 1.165) is 10.6 Å². The number of benzene rings is 3. The Morgan fingerprint density at radius 1 is 0.939 bits per heavy atom. The number of rotatable bonds is 7. The van der Waals surface area contributed by atoms with Gasteiger partial charge in [-0.1, -0.05) is 18.2 Å². The van der Waals surface area contributed by atoms with E-state index < -0.39 is 22.0 Å². The van der Waals surface area contributed by atoms with Crippen LogP contribution in [0.15, 0.2) is 72.8 Å². The van der Waals surface area contributed by atoms with Crippen molar-refractivity contribution < 1.29 is 27.4 Å². The molecule has 1 atom stereocenters. The van der Waals surface area contributed by atoms with Gasteiger partial charge in [0.05, 0.1) is 11.9 Å². The monoisotopic (exact) mass is 468 g/mol. The van der Waals surface area contributed by atoms with Crippen molar-refractivity contribution >= 4 is 27.3 Å². The lowest BCUT2D eigenvalue weighted by Crippen LogP contribution is -2.45. The van der Waals surface area contributed by atoms with Gasteiger partial charge in [-0.3, -0.25) is 9.10 Å². The van der Waals surface area contributed by atoms with Crippen molar-refractivity contribution in [2.45, 2.75) is 13.0 Å². The maximum Gasteiger partial charge on any atom is 0.247 e. The van der Waals surface area contributed by atoms with E-state index in [4.69, 9.17) is 14.2 Å². The fourth-order valence-electron chi connectivity index (χ4n) is 3.46. The third-order valence-electron chi connectivity index (χ3n) is 4.97. The molecule has 4 rings (SSSR count). The number of fused-ring (bicyclic) bond motifs is 1. The molecule has 8 nitrogen and oxygen atoms in total. The Morgan fingerprint density at radius 2 is 1.58 bits per heavy atom. The first-order valence-corrected chi connectivity index (χ1v) is 12.2. The molecule has 0 radical (unpaired) electrons. The van der Waals surface area contributed by atoms with Gasteiger partial charge >= 0.3 is 0 Å². The summed E-state index contributed by atoms with van der Waals surface area (Å²) in [5, 5.41) is 2.76. The van der Waals surface area contributed by atoms with Crippen LogP contribution < -0.4 is 23.8 Å². The first-order valence-electron chi connectivity index (χ1n) is 10.3. The molecule has 0 spiro atoms. The molecule has 0 unspecified atom stereocenters. The van der Waals surface area contributed by atoms with E-state index in [-0.39, 0.29) is 0 Å². The van der Waals surface area contributed by atoms with Crippen molar-refractivity contribution in [3.63, 3.8) is 0 Å². The van der Waals surface area contributed by atoms with Crippen molar-refractivity contribution in [3.8, 4) is 23.0 Å². The summed E-state index contributed by atoms with van der Waals surface area (Å²) in [6, 6.07) is 20.0. The largest absolute Gasteiger partial charge is 0.486 e. The second kappa shape index (κ2) is 9.41. The van der Waals surface area contributed by atoms with Gasteiger partial charge < -0.3 is 19.5 Å². The van der Waals surface area contributed by atoms with Crippen LogP contribution in [0.2, 0.25) is 0 Å². The van der Waals surface area contributed by atoms with Crippen molar-refractivity contribution in [1.82, 2.24) is 0 Å². The molecule has 0 fully saturated rings. The summed E-state index contributed by atoms with van der Waals surface area (Å²) < 4.78 is 43.0. The summed E-state index contributed by atoms with van der Waals surface area (Å²) in [6.45, 7) is 2.32. The van der Waals surface area contributed by atoms with Crippen LogP contribution in [0, 0.1) is 0 Å². The Morgan fingerprint density at radius 3 is 2.24 bits per heavy atom. The summed E-state index contributed by atoms with van der Waals surface area (Å²) in [5.74, 6) is 1.81. The first-order chi connectivity index (χ1) is 15.8. The van der Waals surface area contributed by atoms with Crippen LogP contribution in [0.4, 0.5) is 11.4 Å². The fourth-order valence-corrected chi connectivity index (χ4v) is 4.62. The van der Waals surface area contributed by atoms with Crippen LogP contribution in [0.5, 0.6) is 23.0 Å². The number of anilines is 2. The van der Waals surface area contributed by atoms with E-state index in [1.54, 1.807) is 42.5 Å². The van der Waals surface area contributed by atoms with E-state index in [9.17, 15) is 13.2 Å². The van der Waals surface area contributed by atoms with Crippen molar-refractivity contribution in [2.75, 3.05) is 29.1 Å². The zero-order chi connectivity index (χ0) is 23.4. The van der Waals surface area contributed by atoms with Gasteiger partial charge in [0.15, 0.2) is 11.5 Å². The molecule has 0 saturated carbocycles. The number of carbonyl (C=O) groups excluding carboxylic acids is 1. The summed E-state index contributed by atoms with van der Waals surface area (Å²) in [4.78, 5) is 12.9. The number of hydrogen-bond donors (Lipinski definition) is 1. The lowest BCUT2D eigenvalue weighted by atomic mass is 10.2. The summed E-state index contributed by atoms with van der Waals surface area (Å²) in [7, 11) is -3.77. The molecule has 1 aliphatic rings. The Hall–Kier alpha value is -3.72. The molecular weight excluding hydrogens is 444 g/mol. The van der Waals surface area contributed by atoms with Crippen LogP contribution in [-0.4, -0.2) is 39.8 Å². The zero-order valence-electron chi connectivity index (χ0n) is 18.2. The SMILES string of the molecule is C[C@H](C(=O)Nc1ccc(Oc2ccccc2)cc1)N(c1ccc2c(c1)OCCO2)S(C)(=O)=O. The van der Waals surface area contributed by atoms with Gasteiger partial charge in [-0.05, 0) is 55.5 Å². The molecule has 9 heteroatoms. The number of sulfonamides is 1. The average molecular weight is 469 g/mol. The highest BCUT2D eigenvalue weighted by molar-refractivity contribution is 7.92. The molecule has 0 aliphatic carbocycles. The van der Waals surface area contributed by atoms with Gasteiger partial charge in [-0.25, -0.2) is 8.42 Å². The van der Waals surface area contributed by atoms with E-state index in [1.807, 2.05) is 30.3 Å². The third-order valence-corrected chi connectivity index (χ3v) is 6.21. The first kappa shape index (κ1) is 22.5. The molecule has 172 valence electrons. The molecule has 1 aliphatic heterocycles. The summed E-state index contributed by atoms with van der Waals surface area (Å²) in [5.41, 5.74) is 0.832. The van der Waals surface area contributed by atoms with Gasteiger partial charge in [0.2, 0.25) is 15.9 Å². The maximum atomic E-state index is 12.9. The van der Waals surface area contributed by atoms with Crippen LogP contribution in [0.3, 0.4) is 0 Å². The van der Waals surface area contributed by atoms with E-state index in [1.165, 1.54) is 6.92 Å². The Labute approximate surface area is 192 Å². The van der Waals surface area contributed by atoms with E-state index in [0.29, 0.717) is 47.6 Å². The second-order valence-corrected chi connectivity index (χ2v) is 9.35. The van der Waals surface area contributed by atoms with Crippen molar-refractivity contribution in [1.29, 1.82) is 0 Å². The normalized spacial score (nSPS) is 13.6. The minimum absolute atomic E-state index is 0.316. The Bertz CT molecular complexity index is 1230. The van der Waals surface area contributed by atoms with Gasteiger partial charge in [-0.15, -0.1) is 0 Å². The van der Waals surface area contributed by atoms with Gasteiger partial charge in [-0.2, -0.15) is 0 Å². The molecule has 3 aromatic carbocycles. The van der Waals surface area contributed by atoms with Crippen LogP contribution in [0.1, 0.15) is 6.92 Å². The number of nitrogens with one attached hydrogen (secondary N) is 1. The molecule has 33 heavy (non-hydrogen) atoms. The number of para-hydroxylation sites is 1. The van der Waals surface area contributed by atoms with Gasteiger partial charge in [0, 0.05) is 11.8 Å². The van der Waals surface area contributed by atoms with Crippen molar-refractivity contribution in [2.24, 2.45) is 0 Å². The maximum absolute atomic E-state index is 12.9. The van der Waals surface area contributed by atoms with Gasteiger partial charge in [0.1, 0.15) is 30.8 Å². The van der Waals surface area contributed by atoms with Crippen molar-refractivity contribution in [3.05, 3.63) is 72.8 Å². The standard InChI is InChI=1S/C24H24N2O6S/c1-17(26(33(2,28)29)19-10-13-22-23(16-19)31-15-14-30-22)24(27)25-18-8-11-21(12-9-18)32-20-6-4-3-5-7-20/h3-13,16-17H,14-15H2,1-2H3,(H,25,27)/t17-/m1/s1. The molecule has 1 N–H and O–H groups in total. The number of carbonyl (C=O) groups is 1. The molecule has 0 aromatic heterocycles. The quantitative estimate of drug-likeness (QED) is 0.562. The molecule has 1 heterocycles. The number of nitrogens with zero attached hydrogens (tertiary/aromatic N) is 1. The Balaban J connectivity index is 1.49. The highest BCUT2D eigenvalue weighted by Crippen LogP contribution is 2.35. The minimum Gasteiger partial charge on any atom is -0.486 e. The summed E-state index contributed by atoms with van der Waals surface area (Å²) >= 11 is 0. The number of amides is 1. The lowest BCUT2D eigenvalue weighted by molar-refractivity contribution is -0.116. The molecule has 3 aromatic rings. The number of ether oxygens (including phenoxy) is 3. The highest BCUT2D eigenvalue weighted by Gasteiger charge is 2.30. The lowest BCUT2D eigenvalue weighted by Gasteiger charge is -2.29. The van der Waals surface area contributed by atoms with Crippen LogP contribution in [0.25, 0.3) is 0 Å². The molecule has 1 amide bonds. The Kier molecular flexibility index (Phi) is 6.41. The van der Waals surface area contributed by atoms with E-state index >= 15 is 0 Å². The topological polar surface area (TPSA) is 94.2 Å². The third kappa shape index (κ3) is 5.38. The van der Waals surface area contributed by atoms with Crippen LogP contribution >= 0.6 is 0 Å².